The SMILES string of the molecule is CCCCCN(C)c1nccc(C(=O)O)n1. The molecule has 0 unspecified atom stereocenters. The zero-order chi connectivity index (χ0) is 12.0. The van der Waals surface area contributed by atoms with E-state index in [0.29, 0.717) is 5.95 Å². The summed E-state index contributed by atoms with van der Waals surface area (Å²) in [6, 6.07) is 1.39. The van der Waals surface area contributed by atoms with E-state index in [1.165, 1.54) is 12.3 Å². The number of hydrogen-bond acceptors (Lipinski definition) is 4. The fraction of sp³-hybridized carbons (Fsp3) is 0.545. The minimum atomic E-state index is -1.02. The Balaban J connectivity index is 2.64. The Morgan fingerprint density at radius 2 is 2.25 bits per heavy atom. The van der Waals surface area contributed by atoms with Crippen LogP contribution in [0.4, 0.5) is 5.95 Å². The molecule has 1 aromatic rings. The van der Waals surface area contributed by atoms with Crippen LogP contribution < -0.4 is 4.90 Å². The maximum atomic E-state index is 10.7. The van der Waals surface area contributed by atoms with Crippen molar-refractivity contribution in [3.8, 4) is 0 Å². The minimum absolute atomic E-state index is 0.0346. The number of nitrogens with zero attached hydrogens (tertiary/aromatic N) is 3. The second-order valence-electron chi connectivity index (χ2n) is 3.68. The highest BCUT2D eigenvalue weighted by Gasteiger charge is 2.08. The predicted molar refractivity (Wildman–Crippen MR) is 61.8 cm³/mol. The molecule has 0 aliphatic carbocycles. The molecule has 88 valence electrons. The average molecular weight is 223 g/mol. The first kappa shape index (κ1) is 12.4. The topological polar surface area (TPSA) is 66.3 Å². The van der Waals surface area contributed by atoms with E-state index in [-0.39, 0.29) is 5.69 Å². The molecule has 1 heterocycles. The van der Waals surface area contributed by atoms with Gasteiger partial charge >= 0.3 is 5.97 Å². The van der Waals surface area contributed by atoms with Gasteiger partial charge in [-0.25, -0.2) is 14.8 Å². The summed E-state index contributed by atoms with van der Waals surface area (Å²) in [5.74, 6) is -0.554. The Morgan fingerprint density at radius 3 is 2.88 bits per heavy atom. The van der Waals surface area contributed by atoms with E-state index < -0.39 is 5.97 Å². The Morgan fingerprint density at radius 1 is 1.50 bits per heavy atom. The molecule has 1 aromatic heterocycles. The number of carbonyl (C=O) groups is 1. The summed E-state index contributed by atoms with van der Waals surface area (Å²) in [6.07, 6.45) is 4.85. The quantitative estimate of drug-likeness (QED) is 0.745. The third-order valence-corrected chi connectivity index (χ3v) is 2.30. The first-order chi connectivity index (χ1) is 7.65. The fourth-order valence-corrected chi connectivity index (χ4v) is 1.35. The van der Waals surface area contributed by atoms with Gasteiger partial charge in [0, 0.05) is 19.8 Å². The summed E-state index contributed by atoms with van der Waals surface area (Å²) in [7, 11) is 1.87. The van der Waals surface area contributed by atoms with E-state index in [9.17, 15) is 4.79 Å². The third kappa shape index (κ3) is 3.49. The van der Waals surface area contributed by atoms with Crippen LogP contribution in [-0.2, 0) is 0 Å². The smallest absolute Gasteiger partial charge is 0.354 e. The first-order valence-electron chi connectivity index (χ1n) is 5.42. The van der Waals surface area contributed by atoms with Gasteiger partial charge in [0.2, 0.25) is 5.95 Å². The maximum Gasteiger partial charge on any atom is 0.354 e. The predicted octanol–water partition coefficient (Wildman–Crippen LogP) is 1.80. The number of rotatable bonds is 6. The van der Waals surface area contributed by atoms with Gasteiger partial charge in [0.05, 0.1) is 0 Å². The molecule has 5 heteroatoms. The second-order valence-corrected chi connectivity index (χ2v) is 3.68. The summed E-state index contributed by atoms with van der Waals surface area (Å²) in [5.41, 5.74) is 0.0346. The van der Waals surface area contributed by atoms with Crippen LogP contribution in [0.2, 0.25) is 0 Å². The molecule has 0 amide bonds. The van der Waals surface area contributed by atoms with Crippen LogP contribution in [0, 0.1) is 0 Å². The van der Waals surface area contributed by atoms with Crippen molar-refractivity contribution >= 4 is 11.9 Å². The fourth-order valence-electron chi connectivity index (χ4n) is 1.35. The van der Waals surface area contributed by atoms with Crippen LogP contribution >= 0.6 is 0 Å². The van der Waals surface area contributed by atoms with Crippen LogP contribution in [0.1, 0.15) is 36.7 Å². The highest BCUT2D eigenvalue weighted by atomic mass is 16.4. The van der Waals surface area contributed by atoms with Gasteiger partial charge < -0.3 is 10.0 Å². The number of anilines is 1. The number of hydrogen-bond donors (Lipinski definition) is 1. The Labute approximate surface area is 95.1 Å². The van der Waals surface area contributed by atoms with Crippen LogP contribution in [0.25, 0.3) is 0 Å². The van der Waals surface area contributed by atoms with Crippen molar-refractivity contribution in [2.75, 3.05) is 18.5 Å². The Bertz CT molecular complexity index is 355. The van der Waals surface area contributed by atoms with Gasteiger partial charge in [0.15, 0.2) is 5.69 Å². The normalized spacial score (nSPS) is 10.1. The van der Waals surface area contributed by atoms with Crippen LogP contribution in [0.3, 0.4) is 0 Å². The molecule has 0 bridgehead atoms. The third-order valence-electron chi connectivity index (χ3n) is 2.30. The van der Waals surface area contributed by atoms with E-state index in [1.54, 1.807) is 0 Å². The summed E-state index contributed by atoms with van der Waals surface area (Å²) >= 11 is 0. The lowest BCUT2D eigenvalue weighted by Gasteiger charge is -2.16. The maximum absolute atomic E-state index is 10.7. The lowest BCUT2D eigenvalue weighted by molar-refractivity contribution is 0.0690. The molecule has 0 aliphatic rings. The Kier molecular flexibility index (Phi) is 4.69. The van der Waals surface area contributed by atoms with E-state index in [1.807, 2.05) is 11.9 Å². The van der Waals surface area contributed by atoms with Crippen LogP contribution in [-0.4, -0.2) is 34.6 Å². The van der Waals surface area contributed by atoms with Crippen molar-refractivity contribution in [3.05, 3.63) is 18.0 Å². The molecule has 16 heavy (non-hydrogen) atoms. The van der Waals surface area contributed by atoms with E-state index in [2.05, 4.69) is 16.9 Å². The van der Waals surface area contributed by atoms with E-state index >= 15 is 0 Å². The molecular formula is C11H17N3O2. The molecule has 0 saturated heterocycles. The number of unbranched alkanes of at least 4 members (excludes halogenated alkanes) is 2. The molecule has 0 atom stereocenters. The average Bonchev–Trinajstić information content (AvgIpc) is 2.29. The molecule has 0 radical (unpaired) electrons. The van der Waals surface area contributed by atoms with Gasteiger partial charge in [-0.2, -0.15) is 0 Å². The monoisotopic (exact) mass is 223 g/mol. The van der Waals surface area contributed by atoms with Crippen LogP contribution in [0.5, 0.6) is 0 Å². The summed E-state index contributed by atoms with van der Waals surface area (Å²) in [6.45, 7) is 2.98. The van der Waals surface area contributed by atoms with Crippen molar-refractivity contribution in [1.82, 2.24) is 9.97 Å². The molecule has 1 N–H and O–H groups in total. The number of aromatic carboxylic acids is 1. The highest BCUT2D eigenvalue weighted by Crippen LogP contribution is 2.07. The van der Waals surface area contributed by atoms with Gasteiger partial charge in [0.1, 0.15) is 0 Å². The molecule has 0 spiro atoms. The molecule has 5 nitrogen and oxygen atoms in total. The lowest BCUT2D eigenvalue weighted by Crippen LogP contribution is -2.21. The standard InChI is InChI=1S/C11H17N3O2/c1-3-4-5-8-14(2)11-12-7-6-9(13-11)10(15)16/h6-7H,3-5,8H2,1-2H3,(H,15,16). The minimum Gasteiger partial charge on any atom is -0.477 e. The summed E-state index contributed by atoms with van der Waals surface area (Å²) in [4.78, 5) is 20.6. The van der Waals surface area contributed by atoms with Crippen molar-refractivity contribution in [2.45, 2.75) is 26.2 Å². The zero-order valence-corrected chi connectivity index (χ0v) is 9.68. The van der Waals surface area contributed by atoms with E-state index in [0.717, 1.165) is 25.8 Å². The number of carboxylic acid groups (broad SMARTS) is 1. The molecule has 0 aromatic carbocycles. The van der Waals surface area contributed by atoms with Gasteiger partial charge in [-0.15, -0.1) is 0 Å². The molecule has 1 rings (SSSR count). The number of aromatic nitrogens is 2. The molecular weight excluding hydrogens is 206 g/mol. The first-order valence-corrected chi connectivity index (χ1v) is 5.42. The van der Waals surface area contributed by atoms with Crippen molar-refractivity contribution in [2.24, 2.45) is 0 Å². The van der Waals surface area contributed by atoms with Crippen molar-refractivity contribution in [1.29, 1.82) is 0 Å². The highest BCUT2D eigenvalue weighted by molar-refractivity contribution is 5.85. The molecule has 0 aliphatic heterocycles. The van der Waals surface area contributed by atoms with Gasteiger partial charge in [-0.1, -0.05) is 19.8 Å². The van der Waals surface area contributed by atoms with Crippen LogP contribution in [0.15, 0.2) is 12.3 Å². The number of carboxylic acids is 1. The van der Waals surface area contributed by atoms with Crippen molar-refractivity contribution in [3.63, 3.8) is 0 Å². The zero-order valence-electron chi connectivity index (χ0n) is 9.68. The van der Waals surface area contributed by atoms with Gasteiger partial charge in [-0.05, 0) is 12.5 Å². The largest absolute Gasteiger partial charge is 0.477 e. The lowest BCUT2D eigenvalue weighted by atomic mass is 10.2. The molecule has 0 fully saturated rings. The summed E-state index contributed by atoms with van der Waals surface area (Å²) < 4.78 is 0. The van der Waals surface area contributed by atoms with Crippen molar-refractivity contribution < 1.29 is 9.90 Å². The van der Waals surface area contributed by atoms with Gasteiger partial charge in [-0.3, -0.25) is 0 Å². The van der Waals surface area contributed by atoms with E-state index in [4.69, 9.17) is 5.11 Å². The van der Waals surface area contributed by atoms with Gasteiger partial charge in [0.25, 0.3) is 0 Å². The summed E-state index contributed by atoms with van der Waals surface area (Å²) in [5, 5.41) is 8.80. The second kappa shape index (κ2) is 6.05. The Hall–Kier alpha value is -1.65. The molecule has 0 saturated carbocycles.